The minimum absolute atomic E-state index is 0.0330. The van der Waals surface area contributed by atoms with Crippen molar-refractivity contribution in [2.24, 2.45) is 0 Å². The molecule has 1 N–H and O–H groups in total. The maximum absolute atomic E-state index is 12.1. The van der Waals surface area contributed by atoms with Gasteiger partial charge in [-0.1, -0.05) is 0 Å². The highest BCUT2D eigenvalue weighted by Crippen LogP contribution is 2.25. The molecule has 0 aliphatic carbocycles. The number of hydrogen-bond acceptors (Lipinski definition) is 6. The molecule has 22 heavy (non-hydrogen) atoms. The summed E-state index contributed by atoms with van der Waals surface area (Å²) in [7, 11) is 0. The molecular formula is C15H18N4O2S. The van der Waals surface area contributed by atoms with Crippen molar-refractivity contribution in [2.75, 3.05) is 13.2 Å². The highest BCUT2D eigenvalue weighted by Gasteiger charge is 2.37. The smallest absolute Gasteiger partial charge is 0.251 e. The summed E-state index contributed by atoms with van der Waals surface area (Å²) in [5, 5.41) is 5.77. The summed E-state index contributed by atoms with van der Waals surface area (Å²) in [4.78, 5) is 24.9. The molecular weight excluding hydrogens is 300 g/mol. The van der Waals surface area contributed by atoms with Gasteiger partial charge < -0.3 is 10.1 Å². The number of amides is 1. The molecule has 1 atom stereocenters. The van der Waals surface area contributed by atoms with Crippen molar-refractivity contribution in [3.8, 4) is 10.7 Å². The number of ether oxygens (including phenoxy) is 1. The summed E-state index contributed by atoms with van der Waals surface area (Å²) in [5.41, 5.74) is 1.06. The van der Waals surface area contributed by atoms with Crippen molar-refractivity contribution in [1.29, 1.82) is 0 Å². The molecule has 1 aliphatic rings. The Bertz CT molecular complexity index is 638. The third-order valence-electron chi connectivity index (χ3n) is 3.70. The topological polar surface area (TPSA) is 77.0 Å². The molecule has 0 radical (unpaired) electrons. The van der Waals surface area contributed by atoms with Crippen LogP contribution in [0.15, 0.2) is 24.0 Å². The third-order valence-corrected chi connectivity index (χ3v) is 4.61. The summed E-state index contributed by atoms with van der Waals surface area (Å²) in [6.45, 7) is 3.07. The number of carbonyl (C=O) groups is 1. The van der Waals surface area contributed by atoms with Gasteiger partial charge in [0.2, 0.25) is 0 Å². The molecule has 1 amide bonds. The minimum atomic E-state index is -0.660. The molecule has 2 aromatic heterocycles. The Hall–Kier alpha value is -1.86. The first-order chi connectivity index (χ1) is 10.7. The van der Waals surface area contributed by atoms with Crippen LogP contribution in [0.4, 0.5) is 0 Å². The Morgan fingerprint density at radius 2 is 2.41 bits per heavy atom. The number of rotatable bonds is 5. The lowest BCUT2D eigenvalue weighted by atomic mass is 10.0. The zero-order chi connectivity index (χ0) is 15.4. The fraction of sp³-hybridized carbons (Fsp3) is 0.467. The first-order valence-corrected chi connectivity index (χ1v) is 8.18. The van der Waals surface area contributed by atoms with E-state index in [1.165, 1.54) is 11.3 Å². The quantitative estimate of drug-likeness (QED) is 0.910. The lowest BCUT2D eigenvalue weighted by Crippen LogP contribution is -2.44. The minimum Gasteiger partial charge on any atom is -0.365 e. The standard InChI is InChI=1S/C15H18N4O2S/c1-15(4-2-8-21-15)14(20)18-5-3-11-10-22-13(19-11)12-9-16-6-7-17-12/h6-7,9-10H,2-5,8H2,1H3,(H,18,20). The molecule has 1 fully saturated rings. The molecule has 7 heteroatoms. The summed E-state index contributed by atoms with van der Waals surface area (Å²) >= 11 is 1.54. The maximum Gasteiger partial charge on any atom is 0.251 e. The van der Waals surface area contributed by atoms with Crippen molar-refractivity contribution >= 4 is 17.2 Å². The van der Waals surface area contributed by atoms with Crippen molar-refractivity contribution < 1.29 is 9.53 Å². The van der Waals surface area contributed by atoms with Crippen LogP contribution in [0.2, 0.25) is 0 Å². The Labute approximate surface area is 133 Å². The van der Waals surface area contributed by atoms with Crippen molar-refractivity contribution in [3.63, 3.8) is 0 Å². The van der Waals surface area contributed by atoms with Crippen molar-refractivity contribution in [3.05, 3.63) is 29.7 Å². The average molecular weight is 318 g/mol. The molecule has 116 valence electrons. The van der Waals surface area contributed by atoms with E-state index in [-0.39, 0.29) is 5.91 Å². The molecule has 1 unspecified atom stereocenters. The number of nitrogens with zero attached hydrogens (tertiary/aromatic N) is 3. The van der Waals surface area contributed by atoms with Gasteiger partial charge in [0.05, 0.1) is 11.9 Å². The molecule has 0 aromatic carbocycles. The summed E-state index contributed by atoms with van der Waals surface area (Å²) < 4.78 is 5.53. The van der Waals surface area contributed by atoms with Gasteiger partial charge in [0.1, 0.15) is 16.3 Å². The molecule has 1 aliphatic heterocycles. The van der Waals surface area contributed by atoms with Gasteiger partial charge in [-0.15, -0.1) is 11.3 Å². The van der Waals surface area contributed by atoms with Crippen molar-refractivity contribution in [1.82, 2.24) is 20.3 Å². The van der Waals surface area contributed by atoms with E-state index in [1.54, 1.807) is 18.6 Å². The summed E-state index contributed by atoms with van der Waals surface area (Å²) in [6.07, 6.45) is 7.41. The predicted molar refractivity (Wildman–Crippen MR) is 83.4 cm³/mol. The van der Waals surface area contributed by atoms with E-state index in [4.69, 9.17) is 4.74 Å². The molecule has 2 aromatic rings. The predicted octanol–water partition coefficient (Wildman–Crippen LogP) is 1.83. The third kappa shape index (κ3) is 3.31. The molecule has 1 saturated heterocycles. The largest absolute Gasteiger partial charge is 0.365 e. The lowest BCUT2D eigenvalue weighted by molar-refractivity contribution is -0.139. The van der Waals surface area contributed by atoms with E-state index in [2.05, 4.69) is 20.3 Å². The first-order valence-electron chi connectivity index (χ1n) is 7.30. The number of thiazole rings is 1. The molecule has 3 rings (SSSR count). The van der Waals surface area contributed by atoms with E-state index in [9.17, 15) is 4.79 Å². The second-order valence-electron chi connectivity index (χ2n) is 5.42. The van der Waals surface area contributed by atoms with Crippen LogP contribution in [-0.4, -0.2) is 39.6 Å². The highest BCUT2D eigenvalue weighted by molar-refractivity contribution is 7.13. The summed E-state index contributed by atoms with van der Waals surface area (Å²) in [6, 6.07) is 0. The number of aromatic nitrogens is 3. The second-order valence-corrected chi connectivity index (χ2v) is 6.28. The number of hydrogen-bond donors (Lipinski definition) is 1. The van der Waals surface area contributed by atoms with Gasteiger partial charge in [-0.3, -0.25) is 14.8 Å². The molecule has 0 spiro atoms. The molecule has 3 heterocycles. The Morgan fingerprint density at radius 3 is 3.14 bits per heavy atom. The first kappa shape index (κ1) is 15.1. The number of nitrogens with one attached hydrogen (secondary N) is 1. The second kappa shape index (κ2) is 6.50. The summed E-state index contributed by atoms with van der Waals surface area (Å²) in [5.74, 6) is -0.0330. The van der Waals surface area contributed by atoms with E-state index < -0.39 is 5.60 Å². The fourth-order valence-electron chi connectivity index (χ4n) is 2.40. The number of carbonyl (C=O) groups excluding carboxylic acids is 1. The van der Waals surface area contributed by atoms with Gasteiger partial charge in [-0.2, -0.15) is 0 Å². The van der Waals surface area contributed by atoms with Crippen LogP contribution in [0, 0.1) is 0 Å². The van der Waals surface area contributed by atoms with Crippen LogP contribution in [0.5, 0.6) is 0 Å². The fourth-order valence-corrected chi connectivity index (χ4v) is 3.21. The SMILES string of the molecule is CC1(C(=O)NCCc2csc(-c3cnccn3)n2)CCCO1. The highest BCUT2D eigenvalue weighted by atomic mass is 32.1. The zero-order valence-electron chi connectivity index (χ0n) is 12.4. The van der Waals surface area contributed by atoms with E-state index >= 15 is 0 Å². The Kier molecular flexibility index (Phi) is 4.44. The van der Waals surface area contributed by atoms with Gasteiger partial charge in [0.25, 0.3) is 5.91 Å². The van der Waals surface area contributed by atoms with Crippen LogP contribution >= 0.6 is 11.3 Å². The van der Waals surface area contributed by atoms with E-state index in [0.29, 0.717) is 19.6 Å². The van der Waals surface area contributed by atoms with Crippen LogP contribution in [0.1, 0.15) is 25.5 Å². The normalized spacial score (nSPS) is 21.0. The maximum atomic E-state index is 12.1. The van der Waals surface area contributed by atoms with Gasteiger partial charge >= 0.3 is 0 Å². The van der Waals surface area contributed by atoms with Crippen LogP contribution in [0.25, 0.3) is 10.7 Å². The molecule has 0 saturated carbocycles. The zero-order valence-corrected chi connectivity index (χ0v) is 13.2. The van der Waals surface area contributed by atoms with Gasteiger partial charge in [-0.25, -0.2) is 4.98 Å². The van der Waals surface area contributed by atoms with Crippen LogP contribution < -0.4 is 5.32 Å². The lowest BCUT2D eigenvalue weighted by Gasteiger charge is -2.21. The molecule has 0 bridgehead atoms. The Morgan fingerprint density at radius 1 is 1.50 bits per heavy atom. The monoisotopic (exact) mass is 318 g/mol. The Balaban J connectivity index is 1.52. The van der Waals surface area contributed by atoms with Gasteiger partial charge in [0.15, 0.2) is 0 Å². The van der Waals surface area contributed by atoms with Gasteiger partial charge in [0, 0.05) is 37.3 Å². The van der Waals surface area contributed by atoms with Crippen molar-refractivity contribution in [2.45, 2.75) is 31.8 Å². The van der Waals surface area contributed by atoms with E-state index in [1.807, 2.05) is 12.3 Å². The van der Waals surface area contributed by atoms with Gasteiger partial charge in [-0.05, 0) is 19.8 Å². The average Bonchev–Trinajstić information content (AvgIpc) is 3.18. The van der Waals surface area contributed by atoms with Crippen LogP contribution in [0.3, 0.4) is 0 Å². The van der Waals surface area contributed by atoms with E-state index in [0.717, 1.165) is 29.2 Å². The molecule has 6 nitrogen and oxygen atoms in total. The van der Waals surface area contributed by atoms with Crippen LogP contribution in [-0.2, 0) is 16.0 Å².